The van der Waals surface area contributed by atoms with Gasteiger partial charge < -0.3 is 10.2 Å². The van der Waals surface area contributed by atoms with Crippen LogP contribution in [0.5, 0.6) is 0 Å². The third-order valence-corrected chi connectivity index (χ3v) is 2.50. The first kappa shape index (κ1) is 11.3. The quantitative estimate of drug-likeness (QED) is 0.684. The number of aromatic nitrogens is 2. The Balaban J connectivity index is 2.45. The molecule has 0 aliphatic rings. The van der Waals surface area contributed by atoms with E-state index in [-0.39, 0.29) is 0 Å². The van der Waals surface area contributed by atoms with E-state index >= 15 is 0 Å². The molecule has 2 aromatic rings. The third-order valence-electron chi connectivity index (χ3n) is 2.50. The van der Waals surface area contributed by atoms with Crippen molar-refractivity contribution in [1.82, 2.24) is 10.2 Å². The van der Waals surface area contributed by atoms with Crippen molar-refractivity contribution in [3.05, 3.63) is 42.1 Å². The van der Waals surface area contributed by atoms with Gasteiger partial charge >= 0.3 is 0 Å². The van der Waals surface area contributed by atoms with Gasteiger partial charge in [0.2, 0.25) is 0 Å². The van der Waals surface area contributed by atoms with Crippen molar-refractivity contribution in [3.8, 4) is 17.3 Å². The lowest BCUT2D eigenvalue weighted by atomic mass is 9.97. The highest BCUT2D eigenvalue weighted by Crippen LogP contribution is 2.28. The van der Waals surface area contributed by atoms with Crippen molar-refractivity contribution in [2.75, 3.05) is 0 Å². The third kappa shape index (κ3) is 2.18. The molecule has 0 spiro atoms. The average molecular weight is 229 g/mol. The van der Waals surface area contributed by atoms with Crippen LogP contribution in [-0.4, -0.2) is 26.5 Å². The SMILES string of the molecule is N#CC(O)C(O)c1ccccc1-c1ccn[nH]1. The Morgan fingerprint density at radius 3 is 2.65 bits per heavy atom. The van der Waals surface area contributed by atoms with E-state index in [9.17, 15) is 10.2 Å². The molecule has 0 saturated heterocycles. The van der Waals surface area contributed by atoms with Crippen LogP contribution >= 0.6 is 0 Å². The Labute approximate surface area is 98.0 Å². The number of nitrogens with zero attached hydrogens (tertiary/aromatic N) is 2. The zero-order valence-corrected chi connectivity index (χ0v) is 8.91. The van der Waals surface area contributed by atoms with Gasteiger partial charge in [0.15, 0.2) is 6.10 Å². The molecule has 2 atom stereocenters. The van der Waals surface area contributed by atoms with Crippen LogP contribution in [0.3, 0.4) is 0 Å². The summed E-state index contributed by atoms with van der Waals surface area (Å²) in [5.74, 6) is 0. The molecule has 2 rings (SSSR count). The second-order valence-corrected chi connectivity index (χ2v) is 3.58. The fraction of sp³-hybridized carbons (Fsp3) is 0.167. The number of hydrogen-bond acceptors (Lipinski definition) is 4. The monoisotopic (exact) mass is 229 g/mol. The molecule has 2 unspecified atom stereocenters. The topological polar surface area (TPSA) is 92.9 Å². The van der Waals surface area contributed by atoms with Gasteiger partial charge in [-0.05, 0) is 11.6 Å². The molecule has 0 saturated carbocycles. The average Bonchev–Trinajstić information content (AvgIpc) is 2.90. The summed E-state index contributed by atoms with van der Waals surface area (Å²) in [6.07, 6.45) is -1.09. The van der Waals surface area contributed by atoms with E-state index in [4.69, 9.17) is 5.26 Å². The van der Waals surface area contributed by atoms with Gasteiger partial charge in [-0.3, -0.25) is 5.10 Å². The molecule has 3 N–H and O–H groups in total. The first-order valence-electron chi connectivity index (χ1n) is 5.08. The number of nitriles is 1. The summed E-state index contributed by atoms with van der Waals surface area (Å²) >= 11 is 0. The molecule has 0 bridgehead atoms. The largest absolute Gasteiger partial charge is 0.385 e. The standard InChI is InChI=1S/C12H11N3O2/c13-7-11(16)12(17)9-4-2-1-3-8(9)10-5-6-14-15-10/h1-6,11-12,16-17H,(H,14,15). The number of aliphatic hydroxyl groups is 2. The lowest BCUT2D eigenvalue weighted by Crippen LogP contribution is -2.16. The number of rotatable bonds is 3. The maximum Gasteiger partial charge on any atom is 0.170 e. The van der Waals surface area contributed by atoms with Crippen LogP contribution in [0, 0.1) is 11.3 Å². The Morgan fingerprint density at radius 2 is 2.00 bits per heavy atom. The molecule has 17 heavy (non-hydrogen) atoms. The highest BCUT2D eigenvalue weighted by atomic mass is 16.3. The van der Waals surface area contributed by atoms with E-state index in [2.05, 4.69) is 10.2 Å². The van der Waals surface area contributed by atoms with Crippen LogP contribution in [0.4, 0.5) is 0 Å². The van der Waals surface area contributed by atoms with Gasteiger partial charge in [-0.15, -0.1) is 0 Å². The number of nitrogens with one attached hydrogen (secondary N) is 1. The predicted molar refractivity (Wildman–Crippen MR) is 60.6 cm³/mol. The summed E-state index contributed by atoms with van der Waals surface area (Å²) < 4.78 is 0. The predicted octanol–water partition coefficient (Wildman–Crippen LogP) is 0.995. The van der Waals surface area contributed by atoms with E-state index in [0.29, 0.717) is 11.1 Å². The van der Waals surface area contributed by atoms with Crippen LogP contribution in [0.1, 0.15) is 11.7 Å². The fourth-order valence-electron chi connectivity index (χ4n) is 1.65. The minimum atomic E-state index is -1.45. The van der Waals surface area contributed by atoms with E-state index < -0.39 is 12.2 Å². The van der Waals surface area contributed by atoms with Crippen molar-refractivity contribution in [3.63, 3.8) is 0 Å². The maximum atomic E-state index is 9.86. The molecular formula is C12H11N3O2. The number of aliphatic hydroxyl groups excluding tert-OH is 2. The number of aromatic amines is 1. The van der Waals surface area contributed by atoms with Gasteiger partial charge in [0.1, 0.15) is 6.10 Å². The minimum absolute atomic E-state index is 0.491. The molecule has 0 fully saturated rings. The van der Waals surface area contributed by atoms with Crippen molar-refractivity contribution < 1.29 is 10.2 Å². The van der Waals surface area contributed by atoms with Crippen LogP contribution in [-0.2, 0) is 0 Å². The molecular weight excluding hydrogens is 218 g/mol. The molecule has 86 valence electrons. The Hall–Kier alpha value is -2.16. The van der Waals surface area contributed by atoms with Crippen LogP contribution < -0.4 is 0 Å². The van der Waals surface area contributed by atoms with Gasteiger partial charge in [0.05, 0.1) is 11.8 Å². The lowest BCUT2D eigenvalue weighted by Gasteiger charge is -2.15. The van der Waals surface area contributed by atoms with Gasteiger partial charge in [0.25, 0.3) is 0 Å². The second kappa shape index (κ2) is 4.78. The molecule has 0 aliphatic carbocycles. The normalized spacial score (nSPS) is 13.9. The van der Waals surface area contributed by atoms with Gasteiger partial charge in [-0.25, -0.2) is 0 Å². The Kier molecular flexibility index (Phi) is 3.19. The molecule has 1 aromatic heterocycles. The van der Waals surface area contributed by atoms with E-state index in [1.54, 1.807) is 36.5 Å². The molecule has 0 radical (unpaired) electrons. The number of H-pyrrole nitrogens is 1. The van der Waals surface area contributed by atoms with Gasteiger partial charge in [0, 0.05) is 11.8 Å². The van der Waals surface area contributed by atoms with Crippen LogP contribution in [0.15, 0.2) is 36.5 Å². The van der Waals surface area contributed by atoms with E-state index in [1.807, 2.05) is 6.07 Å². The van der Waals surface area contributed by atoms with E-state index in [0.717, 1.165) is 5.69 Å². The Morgan fingerprint density at radius 1 is 1.24 bits per heavy atom. The summed E-state index contributed by atoms with van der Waals surface area (Å²) in [4.78, 5) is 0. The number of benzene rings is 1. The summed E-state index contributed by atoms with van der Waals surface area (Å²) in [5.41, 5.74) is 1.93. The van der Waals surface area contributed by atoms with Crippen molar-refractivity contribution in [2.45, 2.75) is 12.2 Å². The molecule has 5 heteroatoms. The Bertz CT molecular complexity index is 531. The second-order valence-electron chi connectivity index (χ2n) is 3.58. The summed E-state index contributed by atoms with van der Waals surface area (Å²) in [6.45, 7) is 0. The van der Waals surface area contributed by atoms with Crippen LogP contribution in [0.2, 0.25) is 0 Å². The number of hydrogen-bond donors (Lipinski definition) is 3. The fourth-order valence-corrected chi connectivity index (χ4v) is 1.65. The molecule has 0 aliphatic heterocycles. The van der Waals surface area contributed by atoms with Crippen molar-refractivity contribution >= 4 is 0 Å². The minimum Gasteiger partial charge on any atom is -0.385 e. The smallest absolute Gasteiger partial charge is 0.170 e. The lowest BCUT2D eigenvalue weighted by molar-refractivity contribution is 0.0531. The van der Waals surface area contributed by atoms with E-state index in [1.165, 1.54) is 0 Å². The summed E-state index contributed by atoms with van der Waals surface area (Å²) in [7, 11) is 0. The summed E-state index contributed by atoms with van der Waals surface area (Å²) in [5, 5.41) is 34.4. The van der Waals surface area contributed by atoms with Gasteiger partial charge in [-0.1, -0.05) is 24.3 Å². The van der Waals surface area contributed by atoms with Crippen molar-refractivity contribution in [1.29, 1.82) is 5.26 Å². The highest BCUT2D eigenvalue weighted by molar-refractivity contribution is 5.63. The van der Waals surface area contributed by atoms with Crippen molar-refractivity contribution in [2.24, 2.45) is 0 Å². The maximum absolute atomic E-state index is 9.86. The van der Waals surface area contributed by atoms with Crippen LogP contribution in [0.25, 0.3) is 11.3 Å². The van der Waals surface area contributed by atoms with Gasteiger partial charge in [-0.2, -0.15) is 10.4 Å². The molecule has 1 aromatic carbocycles. The molecule has 1 heterocycles. The zero-order valence-electron chi connectivity index (χ0n) is 8.91. The first-order valence-corrected chi connectivity index (χ1v) is 5.08. The molecule has 5 nitrogen and oxygen atoms in total. The molecule has 0 amide bonds. The summed E-state index contributed by atoms with van der Waals surface area (Å²) in [6, 6.07) is 10.4. The highest BCUT2D eigenvalue weighted by Gasteiger charge is 2.21. The first-order chi connectivity index (χ1) is 8.24. The zero-order chi connectivity index (χ0) is 12.3.